The van der Waals surface area contributed by atoms with Crippen molar-refractivity contribution in [2.75, 3.05) is 13.2 Å². The molecule has 44 heavy (non-hydrogen) atoms. The predicted octanol–water partition coefficient (Wildman–Crippen LogP) is 11.4. The number of hydrogen-bond donors (Lipinski definition) is 0. The zero-order valence-electron chi connectivity index (χ0n) is 29.4. The van der Waals surface area contributed by atoms with Gasteiger partial charge in [0.25, 0.3) is 0 Å². The first-order valence-corrected chi connectivity index (χ1v) is 19.0. The molecular formula is C38H72O6. The normalized spacial score (nSPS) is 11.8. The zero-order chi connectivity index (χ0) is 32.4. The van der Waals surface area contributed by atoms with E-state index in [1.807, 2.05) is 0 Å². The standard InChI is InChI=1S/C38H72O6/c1-4-7-10-13-15-16-17-18-19-20-21-23-26-29-32-38(41)44-35(33-42-36(39)30-27-24-12-9-6-3)34-43-37(40)31-28-25-22-14-11-8-5-2/h35H,4-34H2,1-3H3/t35-/m1/s1. The molecule has 0 aromatic carbocycles. The Labute approximate surface area is 272 Å². The highest BCUT2D eigenvalue weighted by atomic mass is 16.6. The molecule has 0 unspecified atom stereocenters. The number of carbonyl (C=O) groups is 3. The lowest BCUT2D eigenvalue weighted by Gasteiger charge is -2.18. The molecule has 0 aliphatic carbocycles. The average molecular weight is 625 g/mol. The largest absolute Gasteiger partial charge is 0.462 e. The second-order valence-corrected chi connectivity index (χ2v) is 12.9. The van der Waals surface area contributed by atoms with Crippen LogP contribution in [0.4, 0.5) is 0 Å². The third-order valence-electron chi connectivity index (χ3n) is 8.36. The van der Waals surface area contributed by atoms with Crippen molar-refractivity contribution in [1.29, 1.82) is 0 Å². The lowest BCUT2D eigenvalue weighted by Crippen LogP contribution is -2.30. The van der Waals surface area contributed by atoms with E-state index >= 15 is 0 Å². The van der Waals surface area contributed by atoms with Gasteiger partial charge >= 0.3 is 17.9 Å². The molecule has 0 heterocycles. The van der Waals surface area contributed by atoms with Gasteiger partial charge in [-0.1, -0.05) is 168 Å². The summed E-state index contributed by atoms with van der Waals surface area (Å²) >= 11 is 0. The van der Waals surface area contributed by atoms with Crippen molar-refractivity contribution in [3.63, 3.8) is 0 Å². The van der Waals surface area contributed by atoms with Gasteiger partial charge in [0.1, 0.15) is 13.2 Å². The van der Waals surface area contributed by atoms with E-state index in [1.165, 1.54) is 103 Å². The van der Waals surface area contributed by atoms with Crippen molar-refractivity contribution >= 4 is 17.9 Å². The van der Waals surface area contributed by atoms with Crippen molar-refractivity contribution in [2.45, 2.75) is 213 Å². The molecule has 0 aromatic heterocycles. The smallest absolute Gasteiger partial charge is 0.306 e. The summed E-state index contributed by atoms with van der Waals surface area (Å²) in [6.45, 7) is 6.50. The quantitative estimate of drug-likeness (QED) is 0.0402. The van der Waals surface area contributed by atoms with Crippen LogP contribution in [0.2, 0.25) is 0 Å². The van der Waals surface area contributed by atoms with Crippen molar-refractivity contribution in [1.82, 2.24) is 0 Å². The first-order valence-electron chi connectivity index (χ1n) is 19.0. The SMILES string of the molecule is CCCCCCCCCCCCCCCCC(=O)O[C@H](COC(=O)CCCCCCC)COC(=O)CCCCCCCCC. The summed E-state index contributed by atoms with van der Waals surface area (Å²) in [6, 6.07) is 0. The molecule has 0 amide bonds. The molecule has 0 rings (SSSR count). The average Bonchev–Trinajstić information content (AvgIpc) is 3.02. The van der Waals surface area contributed by atoms with Crippen LogP contribution in [-0.2, 0) is 28.6 Å². The van der Waals surface area contributed by atoms with Crippen LogP contribution in [-0.4, -0.2) is 37.2 Å². The van der Waals surface area contributed by atoms with Gasteiger partial charge in [0, 0.05) is 19.3 Å². The minimum atomic E-state index is -0.754. The maximum atomic E-state index is 12.5. The number of ether oxygens (including phenoxy) is 3. The highest BCUT2D eigenvalue weighted by Gasteiger charge is 2.19. The van der Waals surface area contributed by atoms with Gasteiger partial charge in [0.05, 0.1) is 0 Å². The van der Waals surface area contributed by atoms with Crippen LogP contribution in [0.15, 0.2) is 0 Å². The highest BCUT2D eigenvalue weighted by molar-refractivity contribution is 5.71. The highest BCUT2D eigenvalue weighted by Crippen LogP contribution is 2.14. The van der Waals surface area contributed by atoms with Crippen LogP contribution in [0.1, 0.15) is 207 Å². The lowest BCUT2D eigenvalue weighted by atomic mass is 10.0. The Hall–Kier alpha value is -1.59. The molecule has 0 N–H and O–H groups in total. The summed E-state index contributed by atoms with van der Waals surface area (Å²) in [4.78, 5) is 37.1. The van der Waals surface area contributed by atoms with E-state index in [4.69, 9.17) is 14.2 Å². The number of carbonyl (C=O) groups excluding carboxylic acids is 3. The molecule has 0 aliphatic rings. The number of esters is 3. The van der Waals surface area contributed by atoms with Crippen LogP contribution in [0.5, 0.6) is 0 Å². The topological polar surface area (TPSA) is 78.9 Å². The van der Waals surface area contributed by atoms with Crippen LogP contribution in [0.25, 0.3) is 0 Å². The fraction of sp³-hybridized carbons (Fsp3) is 0.921. The van der Waals surface area contributed by atoms with Gasteiger partial charge in [0.2, 0.25) is 0 Å². The van der Waals surface area contributed by atoms with Crippen LogP contribution < -0.4 is 0 Å². The minimum absolute atomic E-state index is 0.0659. The Bertz CT molecular complexity index is 649. The van der Waals surface area contributed by atoms with Crippen molar-refractivity contribution in [2.24, 2.45) is 0 Å². The third kappa shape index (κ3) is 31.8. The Morgan fingerprint density at radius 1 is 0.364 bits per heavy atom. The van der Waals surface area contributed by atoms with Gasteiger partial charge in [-0.3, -0.25) is 14.4 Å². The second kappa shape index (κ2) is 34.3. The Morgan fingerprint density at radius 3 is 0.909 bits per heavy atom. The number of rotatable bonds is 34. The Kier molecular flexibility index (Phi) is 33.0. The maximum Gasteiger partial charge on any atom is 0.306 e. The van der Waals surface area contributed by atoms with Gasteiger partial charge < -0.3 is 14.2 Å². The third-order valence-corrected chi connectivity index (χ3v) is 8.36. The molecule has 0 fully saturated rings. The number of hydrogen-bond acceptors (Lipinski definition) is 6. The summed E-state index contributed by atoms with van der Waals surface area (Å²) in [5.74, 6) is -0.884. The molecule has 0 spiro atoms. The molecule has 0 aromatic rings. The number of unbranched alkanes of at least 4 members (excludes halogenated alkanes) is 23. The fourth-order valence-corrected chi connectivity index (χ4v) is 5.44. The van der Waals surface area contributed by atoms with Crippen LogP contribution in [0, 0.1) is 0 Å². The first-order chi connectivity index (χ1) is 21.5. The Balaban J connectivity index is 4.22. The monoisotopic (exact) mass is 625 g/mol. The van der Waals surface area contributed by atoms with Crippen molar-refractivity contribution in [3.8, 4) is 0 Å². The van der Waals surface area contributed by atoms with Gasteiger partial charge in [-0.15, -0.1) is 0 Å². The molecular weight excluding hydrogens is 552 g/mol. The molecule has 1 atom stereocenters. The summed E-state index contributed by atoms with van der Waals surface area (Å²) in [5, 5.41) is 0. The van der Waals surface area contributed by atoms with Gasteiger partial charge in [-0.2, -0.15) is 0 Å². The lowest BCUT2D eigenvalue weighted by molar-refractivity contribution is -0.167. The van der Waals surface area contributed by atoms with E-state index < -0.39 is 6.10 Å². The molecule has 6 nitrogen and oxygen atoms in total. The van der Waals surface area contributed by atoms with E-state index in [0.29, 0.717) is 19.3 Å². The van der Waals surface area contributed by atoms with E-state index in [9.17, 15) is 14.4 Å². The van der Waals surface area contributed by atoms with Gasteiger partial charge in [-0.25, -0.2) is 0 Å². The zero-order valence-corrected chi connectivity index (χ0v) is 29.4. The molecule has 0 saturated heterocycles. The second-order valence-electron chi connectivity index (χ2n) is 12.9. The predicted molar refractivity (Wildman–Crippen MR) is 183 cm³/mol. The summed E-state index contributed by atoms with van der Waals surface area (Å²) in [6.07, 6.45) is 31.2. The molecule has 0 aliphatic heterocycles. The molecule has 0 saturated carbocycles. The molecule has 0 bridgehead atoms. The van der Waals surface area contributed by atoms with Crippen LogP contribution in [0.3, 0.4) is 0 Å². The molecule has 0 radical (unpaired) electrons. The summed E-state index contributed by atoms with van der Waals surface area (Å²) < 4.78 is 16.4. The minimum Gasteiger partial charge on any atom is -0.462 e. The Morgan fingerprint density at radius 2 is 0.614 bits per heavy atom. The van der Waals surface area contributed by atoms with E-state index in [0.717, 1.165) is 64.2 Å². The fourth-order valence-electron chi connectivity index (χ4n) is 5.44. The van der Waals surface area contributed by atoms with Crippen molar-refractivity contribution in [3.05, 3.63) is 0 Å². The van der Waals surface area contributed by atoms with E-state index in [2.05, 4.69) is 20.8 Å². The van der Waals surface area contributed by atoms with Crippen molar-refractivity contribution < 1.29 is 28.6 Å². The van der Waals surface area contributed by atoms with Gasteiger partial charge in [0.15, 0.2) is 6.10 Å². The molecule has 6 heteroatoms. The van der Waals surface area contributed by atoms with E-state index in [1.54, 1.807) is 0 Å². The first kappa shape index (κ1) is 42.4. The van der Waals surface area contributed by atoms with Crippen LogP contribution >= 0.6 is 0 Å². The maximum absolute atomic E-state index is 12.5. The van der Waals surface area contributed by atoms with Gasteiger partial charge in [-0.05, 0) is 19.3 Å². The summed E-state index contributed by atoms with van der Waals surface area (Å²) in [7, 11) is 0. The van der Waals surface area contributed by atoms with E-state index in [-0.39, 0.29) is 31.1 Å². The summed E-state index contributed by atoms with van der Waals surface area (Å²) in [5.41, 5.74) is 0. The molecule has 260 valence electrons.